The number of aliphatic hydroxyl groups is 1. The monoisotopic (exact) mass is 530 g/mol. The number of nitrogens with zero attached hydrogens (tertiary/aromatic N) is 4. The van der Waals surface area contributed by atoms with Crippen LogP contribution >= 0.6 is 0 Å². The first kappa shape index (κ1) is 26.5. The number of imidazole rings is 1. The topological polar surface area (TPSA) is 97.4 Å². The van der Waals surface area contributed by atoms with Crippen LogP contribution in [0.1, 0.15) is 25.0 Å². The van der Waals surface area contributed by atoms with E-state index < -0.39 is 41.4 Å². The minimum Gasteiger partial charge on any atom is -0.395 e. The zero-order chi connectivity index (χ0) is 27.2. The van der Waals surface area contributed by atoms with Gasteiger partial charge in [-0.1, -0.05) is 0 Å². The number of hydrogen-bond acceptors (Lipinski definition) is 6. The van der Waals surface area contributed by atoms with Gasteiger partial charge in [0.25, 0.3) is 0 Å². The van der Waals surface area contributed by atoms with Crippen LogP contribution in [0, 0.1) is 5.41 Å². The number of fused-ring (bicyclic) bond motifs is 1. The van der Waals surface area contributed by atoms with Gasteiger partial charge in [-0.25, -0.2) is 9.97 Å². The fourth-order valence-electron chi connectivity index (χ4n) is 3.88. The highest BCUT2D eigenvalue weighted by Crippen LogP contribution is 2.37. The van der Waals surface area contributed by atoms with Crippen molar-refractivity contribution >= 4 is 34.4 Å². The van der Waals surface area contributed by atoms with E-state index in [-0.39, 0.29) is 54.7 Å². The Labute approximate surface area is 207 Å². The molecule has 1 aromatic carbocycles. The van der Waals surface area contributed by atoms with E-state index >= 15 is 0 Å². The summed E-state index contributed by atoms with van der Waals surface area (Å²) in [6, 6.07) is 3.81. The third kappa shape index (κ3) is 5.43. The quantitative estimate of drug-likeness (QED) is 0.426. The minimum atomic E-state index is -4.70. The van der Waals surface area contributed by atoms with Gasteiger partial charge >= 0.3 is 12.4 Å². The number of carbonyl (C=O) groups excluding carboxylic acids is 1. The Kier molecular flexibility index (Phi) is 6.73. The van der Waals surface area contributed by atoms with Crippen molar-refractivity contribution in [2.75, 3.05) is 47.9 Å². The second kappa shape index (κ2) is 9.39. The highest BCUT2D eigenvalue weighted by Gasteiger charge is 2.37. The number of nitrogens with one attached hydrogen (secondary N) is 2. The average molecular weight is 530 g/mol. The number of aliphatic hydroxyl groups excluding tert-OH is 1. The van der Waals surface area contributed by atoms with Crippen LogP contribution in [0.2, 0.25) is 0 Å². The van der Waals surface area contributed by atoms with Crippen molar-refractivity contribution < 1.29 is 36.2 Å². The molecule has 37 heavy (non-hydrogen) atoms. The zero-order valence-corrected chi connectivity index (χ0v) is 19.8. The van der Waals surface area contributed by atoms with Crippen molar-refractivity contribution in [2.24, 2.45) is 5.41 Å². The molecule has 200 valence electrons. The molecule has 8 nitrogen and oxygen atoms in total. The van der Waals surface area contributed by atoms with Crippen molar-refractivity contribution in [1.29, 1.82) is 0 Å². The van der Waals surface area contributed by atoms with Gasteiger partial charge in [0.05, 0.1) is 39.9 Å². The Bertz CT molecular complexity index is 1300. The number of piperazine rings is 1. The van der Waals surface area contributed by atoms with Gasteiger partial charge in [0.15, 0.2) is 0 Å². The Balaban J connectivity index is 1.62. The third-order valence-electron chi connectivity index (χ3n) is 6.14. The second-order valence-electron chi connectivity index (χ2n) is 9.32. The number of pyridine rings is 1. The first-order chi connectivity index (χ1) is 17.2. The summed E-state index contributed by atoms with van der Waals surface area (Å²) in [5.74, 6) is -0.662. The number of aromatic nitrogens is 3. The summed E-state index contributed by atoms with van der Waals surface area (Å²) >= 11 is 0. The fraction of sp³-hybridized carbons (Fsp3) is 0.435. The summed E-state index contributed by atoms with van der Waals surface area (Å²) < 4.78 is 80.7. The van der Waals surface area contributed by atoms with Crippen molar-refractivity contribution in [3.63, 3.8) is 0 Å². The van der Waals surface area contributed by atoms with Gasteiger partial charge in [0.1, 0.15) is 5.82 Å². The minimum absolute atomic E-state index is 0.0477. The van der Waals surface area contributed by atoms with Crippen LogP contribution in [-0.4, -0.2) is 58.8 Å². The van der Waals surface area contributed by atoms with E-state index in [1.807, 2.05) is 0 Å². The molecule has 1 saturated heterocycles. The maximum Gasteiger partial charge on any atom is 0.419 e. The molecule has 0 atom stereocenters. The normalized spacial score (nSPS) is 15.4. The molecular weight excluding hydrogens is 506 g/mol. The fourth-order valence-corrected chi connectivity index (χ4v) is 3.88. The molecule has 3 heterocycles. The molecular formula is C23H24F6N6O2. The van der Waals surface area contributed by atoms with E-state index in [1.165, 1.54) is 31.0 Å². The highest BCUT2D eigenvalue weighted by atomic mass is 19.4. The molecule has 3 aromatic rings. The van der Waals surface area contributed by atoms with Crippen LogP contribution in [0.5, 0.6) is 0 Å². The lowest BCUT2D eigenvalue weighted by molar-refractivity contribution is -0.138. The molecule has 0 bridgehead atoms. The Hall–Kier alpha value is -3.55. The number of alkyl halides is 6. The van der Waals surface area contributed by atoms with Crippen molar-refractivity contribution in [2.45, 2.75) is 26.2 Å². The number of amides is 1. The first-order valence-corrected chi connectivity index (χ1v) is 11.3. The maximum atomic E-state index is 13.5. The van der Waals surface area contributed by atoms with Gasteiger partial charge in [0.2, 0.25) is 11.9 Å². The average Bonchev–Trinajstić information content (AvgIpc) is 3.28. The summed E-state index contributed by atoms with van der Waals surface area (Å²) in [4.78, 5) is 26.9. The van der Waals surface area contributed by atoms with Crippen LogP contribution < -0.4 is 15.1 Å². The van der Waals surface area contributed by atoms with Gasteiger partial charge in [-0.05, 0) is 38.1 Å². The second-order valence-corrected chi connectivity index (χ2v) is 9.32. The SMILES string of the molecule is CC(C)(CO)C(=O)Nc1cc(C(F)(F)F)cc2nc(N3CCN(c4ncccc4C(F)(F)F)CC3)[nH]c12. The smallest absolute Gasteiger partial charge is 0.395 e. The summed E-state index contributed by atoms with van der Waals surface area (Å²) in [6.45, 7) is 3.13. The third-order valence-corrected chi connectivity index (χ3v) is 6.14. The van der Waals surface area contributed by atoms with Crippen LogP contribution in [0.3, 0.4) is 0 Å². The van der Waals surface area contributed by atoms with Crippen molar-refractivity contribution in [1.82, 2.24) is 15.0 Å². The number of hydrogen-bond donors (Lipinski definition) is 3. The molecule has 0 spiro atoms. The van der Waals surface area contributed by atoms with E-state index in [9.17, 15) is 36.2 Å². The van der Waals surface area contributed by atoms with Gasteiger partial charge in [0, 0.05) is 32.4 Å². The standard InChI is InChI=1S/C23H24F6N6O2/c1-21(2,12-36)19(37)31-15-10-13(22(24,25)26)11-16-17(15)33-20(32-16)35-8-6-34(7-9-35)18-14(23(27,28)29)4-3-5-30-18/h3-5,10-11,36H,6-9,12H2,1-2H3,(H,31,37)(H,32,33). The van der Waals surface area contributed by atoms with Crippen molar-refractivity contribution in [3.05, 3.63) is 41.6 Å². The molecule has 3 N–H and O–H groups in total. The summed E-state index contributed by atoms with van der Waals surface area (Å²) in [7, 11) is 0. The summed E-state index contributed by atoms with van der Waals surface area (Å²) in [6.07, 6.45) is -7.99. The molecule has 1 amide bonds. The molecule has 2 aromatic heterocycles. The number of halogens is 6. The van der Waals surface area contributed by atoms with Crippen LogP contribution in [-0.2, 0) is 17.1 Å². The zero-order valence-electron chi connectivity index (χ0n) is 19.8. The van der Waals surface area contributed by atoms with Gasteiger partial charge < -0.3 is 25.2 Å². The predicted octanol–water partition coefficient (Wildman–Crippen LogP) is 4.28. The van der Waals surface area contributed by atoms with E-state index in [0.717, 1.165) is 18.2 Å². The summed E-state index contributed by atoms with van der Waals surface area (Å²) in [5, 5.41) is 11.9. The number of benzene rings is 1. The molecule has 0 saturated carbocycles. The molecule has 4 rings (SSSR count). The molecule has 1 aliphatic rings. The van der Waals surface area contributed by atoms with E-state index in [0.29, 0.717) is 0 Å². The number of anilines is 3. The van der Waals surface area contributed by atoms with Crippen LogP contribution in [0.15, 0.2) is 30.5 Å². The predicted molar refractivity (Wildman–Crippen MR) is 124 cm³/mol. The molecule has 1 aliphatic heterocycles. The number of carbonyl (C=O) groups is 1. The number of H-pyrrole nitrogens is 1. The highest BCUT2D eigenvalue weighted by molar-refractivity contribution is 6.02. The molecule has 0 unspecified atom stereocenters. The number of aromatic amines is 1. The Morgan fingerprint density at radius 3 is 2.30 bits per heavy atom. The first-order valence-electron chi connectivity index (χ1n) is 11.3. The van der Waals surface area contributed by atoms with E-state index in [2.05, 4.69) is 20.3 Å². The summed E-state index contributed by atoms with van der Waals surface area (Å²) in [5.41, 5.74) is -3.17. The van der Waals surface area contributed by atoms with Crippen molar-refractivity contribution in [3.8, 4) is 0 Å². The van der Waals surface area contributed by atoms with Gasteiger partial charge in [-0.3, -0.25) is 4.79 Å². The van der Waals surface area contributed by atoms with Crippen LogP contribution in [0.4, 0.5) is 43.8 Å². The lowest BCUT2D eigenvalue weighted by Crippen LogP contribution is -2.47. The Morgan fingerprint density at radius 1 is 1.05 bits per heavy atom. The molecule has 0 radical (unpaired) electrons. The number of rotatable bonds is 5. The lowest BCUT2D eigenvalue weighted by atomic mass is 9.93. The van der Waals surface area contributed by atoms with Gasteiger partial charge in [-0.2, -0.15) is 26.3 Å². The van der Waals surface area contributed by atoms with E-state index in [1.54, 1.807) is 4.90 Å². The Morgan fingerprint density at radius 2 is 1.70 bits per heavy atom. The van der Waals surface area contributed by atoms with E-state index in [4.69, 9.17) is 0 Å². The molecule has 1 fully saturated rings. The van der Waals surface area contributed by atoms with Gasteiger partial charge in [-0.15, -0.1) is 0 Å². The van der Waals surface area contributed by atoms with Crippen LogP contribution in [0.25, 0.3) is 11.0 Å². The maximum absolute atomic E-state index is 13.5. The molecule has 0 aliphatic carbocycles. The molecule has 14 heteroatoms. The lowest BCUT2D eigenvalue weighted by Gasteiger charge is -2.36. The largest absolute Gasteiger partial charge is 0.419 e.